The SMILES string of the molecule is CCc1nc(CC)n(C(C)C(N)C(=O)O)n1. The molecule has 6 heteroatoms. The number of nitrogens with zero attached hydrogens (tertiary/aromatic N) is 3. The first-order valence-electron chi connectivity index (χ1n) is 5.43. The number of hydrogen-bond donors (Lipinski definition) is 2. The summed E-state index contributed by atoms with van der Waals surface area (Å²) in [6.45, 7) is 5.66. The van der Waals surface area contributed by atoms with E-state index in [1.807, 2.05) is 13.8 Å². The molecule has 0 bridgehead atoms. The van der Waals surface area contributed by atoms with Crippen molar-refractivity contribution in [3.8, 4) is 0 Å². The highest BCUT2D eigenvalue weighted by molar-refractivity contribution is 5.73. The number of aromatic nitrogens is 3. The van der Waals surface area contributed by atoms with Crippen LogP contribution in [0, 0.1) is 0 Å². The lowest BCUT2D eigenvalue weighted by molar-refractivity contribution is -0.139. The summed E-state index contributed by atoms with van der Waals surface area (Å²) < 4.78 is 1.62. The Balaban J connectivity index is 3.01. The van der Waals surface area contributed by atoms with Gasteiger partial charge < -0.3 is 10.8 Å². The van der Waals surface area contributed by atoms with Gasteiger partial charge in [-0.15, -0.1) is 0 Å². The zero-order valence-corrected chi connectivity index (χ0v) is 9.84. The topological polar surface area (TPSA) is 94.0 Å². The Labute approximate surface area is 94.5 Å². The molecule has 2 atom stereocenters. The van der Waals surface area contributed by atoms with Gasteiger partial charge in [-0.3, -0.25) is 4.79 Å². The first-order chi connectivity index (χ1) is 7.51. The quantitative estimate of drug-likeness (QED) is 0.756. The molecule has 1 rings (SSSR count). The third-order valence-electron chi connectivity index (χ3n) is 2.57. The second kappa shape index (κ2) is 5.07. The fourth-order valence-electron chi connectivity index (χ4n) is 1.48. The maximum atomic E-state index is 10.8. The molecule has 0 spiro atoms. The van der Waals surface area contributed by atoms with Crippen molar-refractivity contribution in [2.45, 2.75) is 45.7 Å². The van der Waals surface area contributed by atoms with E-state index in [1.165, 1.54) is 0 Å². The zero-order valence-electron chi connectivity index (χ0n) is 9.84. The van der Waals surface area contributed by atoms with Crippen LogP contribution in [0.25, 0.3) is 0 Å². The van der Waals surface area contributed by atoms with Crippen LogP contribution in [0.2, 0.25) is 0 Å². The number of nitrogens with two attached hydrogens (primary N) is 1. The Bertz CT molecular complexity index is 375. The summed E-state index contributed by atoms with van der Waals surface area (Å²) in [6.07, 6.45) is 1.44. The summed E-state index contributed by atoms with van der Waals surface area (Å²) in [7, 11) is 0. The van der Waals surface area contributed by atoms with Crippen LogP contribution in [0.3, 0.4) is 0 Å². The number of rotatable bonds is 5. The standard InChI is InChI=1S/C10H18N4O2/c1-4-7-12-8(5-2)14(13-7)6(3)9(11)10(15)16/h6,9H,4-5,11H2,1-3H3,(H,15,16). The van der Waals surface area contributed by atoms with E-state index >= 15 is 0 Å². The summed E-state index contributed by atoms with van der Waals surface area (Å²) in [5.74, 6) is 0.477. The lowest BCUT2D eigenvalue weighted by Gasteiger charge is -2.17. The molecule has 0 aromatic carbocycles. The number of carboxylic acids is 1. The van der Waals surface area contributed by atoms with Crippen molar-refractivity contribution >= 4 is 5.97 Å². The number of carboxylic acid groups (broad SMARTS) is 1. The van der Waals surface area contributed by atoms with Crippen molar-refractivity contribution in [2.75, 3.05) is 0 Å². The van der Waals surface area contributed by atoms with Gasteiger partial charge >= 0.3 is 5.97 Å². The van der Waals surface area contributed by atoms with Crippen LogP contribution in [0.5, 0.6) is 0 Å². The average Bonchev–Trinajstić information content (AvgIpc) is 2.69. The monoisotopic (exact) mass is 226 g/mol. The third-order valence-corrected chi connectivity index (χ3v) is 2.57. The van der Waals surface area contributed by atoms with Crippen LogP contribution in [0.4, 0.5) is 0 Å². The zero-order chi connectivity index (χ0) is 12.3. The molecule has 2 unspecified atom stereocenters. The van der Waals surface area contributed by atoms with E-state index in [1.54, 1.807) is 11.6 Å². The van der Waals surface area contributed by atoms with Gasteiger partial charge in [0.2, 0.25) is 0 Å². The van der Waals surface area contributed by atoms with Gasteiger partial charge in [0.05, 0.1) is 6.04 Å². The largest absolute Gasteiger partial charge is 0.480 e. The maximum absolute atomic E-state index is 10.8. The van der Waals surface area contributed by atoms with Crippen molar-refractivity contribution in [2.24, 2.45) is 5.73 Å². The molecule has 0 aliphatic carbocycles. The highest BCUT2D eigenvalue weighted by atomic mass is 16.4. The van der Waals surface area contributed by atoms with E-state index < -0.39 is 12.0 Å². The molecule has 1 aromatic heterocycles. The van der Waals surface area contributed by atoms with E-state index in [9.17, 15) is 4.79 Å². The Morgan fingerprint density at radius 1 is 1.50 bits per heavy atom. The van der Waals surface area contributed by atoms with E-state index in [2.05, 4.69) is 10.1 Å². The number of carbonyl (C=O) groups is 1. The summed E-state index contributed by atoms with van der Waals surface area (Å²) in [5, 5.41) is 13.1. The first-order valence-corrected chi connectivity index (χ1v) is 5.43. The van der Waals surface area contributed by atoms with E-state index in [-0.39, 0.29) is 6.04 Å². The third kappa shape index (κ3) is 2.38. The number of aryl methyl sites for hydroxylation is 2. The van der Waals surface area contributed by atoms with Crippen LogP contribution in [0.1, 0.15) is 38.5 Å². The Morgan fingerprint density at radius 3 is 2.56 bits per heavy atom. The van der Waals surface area contributed by atoms with Crippen molar-refractivity contribution < 1.29 is 9.90 Å². The second-order valence-corrected chi connectivity index (χ2v) is 3.70. The van der Waals surface area contributed by atoms with Gasteiger partial charge in [0.15, 0.2) is 5.82 Å². The molecule has 16 heavy (non-hydrogen) atoms. The van der Waals surface area contributed by atoms with Crippen LogP contribution >= 0.6 is 0 Å². The molecular formula is C10H18N4O2. The molecule has 1 heterocycles. The average molecular weight is 226 g/mol. The predicted molar refractivity (Wildman–Crippen MR) is 59.1 cm³/mol. The Morgan fingerprint density at radius 2 is 2.12 bits per heavy atom. The number of aliphatic carboxylic acids is 1. The molecule has 0 saturated heterocycles. The smallest absolute Gasteiger partial charge is 0.322 e. The van der Waals surface area contributed by atoms with Gasteiger partial charge in [0.1, 0.15) is 11.9 Å². The second-order valence-electron chi connectivity index (χ2n) is 3.70. The first kappa shape index (κ1) is 12.6. The summed E-state index contributed by atoms with van der Waals surface area (Å²) in [4.78, 5) is 15.1. The van der Waals surface area contributed by atoms with Crippen LogP contribution in [0.15, 0.2) is 0 Å². The fraction of sp³-hybridized carbons (Fsp3) is 0.700. The van der Waals surface area contributed by atoms with E-state index in [0.29, 0.717) is 6.42 Å². The molecule has 3 N–H and O–H groups in total. The fourth-order valence-corrected chi connectivity index (χ4v) is 1.48. The minimum atomic E-state index is -1.02. The number of hydrogen-bond acceptors (Lipinski definition) is 4. The van der Waals surface area contributed by atoms with Gasteiger partial charge in [-0.1, -0.05) is 13.8 Å². The molecular weight excluding hydrogens is 208 g/mol. The lowest BCUT2D eigenvalue weighted by atomic mass is 10.1. The maximum Gasteiger partial charge on any atom is 0.322 e. The van der Waals surface area contributed by atoms with E-state index in [4.69, 9.17) is 10.8 Å². The summed E-state index contributed by atoms with van der Waals surface area (Å²) in [5.41, 5.74) is 5.58. The van der Waals surface area contributed by atoms with Crippen molar-refractivity contribution in [3.05, 3.63) is 11.6 Å². The highest BCUT2D eigenvalue weighted by Crippen LogP contribution is 2.12. The minimum Gasteiger partial charge on any atom is -0.480 e. The molecule has 6 nitrogen and oxygen atoms in total. The van der Waals surface area contributed by atoms with Gasteiger partial charge in [-0.25, -0.2) is 9.67 Å². The van der Waals surface area contributed by atoms with Gasteiger partial charge in [0, 0.05) is 12.8 Å². The van der Waals surface area contributed by atoms with Crippen molar-refractivity contribution in [1.82, 2.24) is 14.8 Å². The minimum absolute atomic E-state index is 0.389. The molecule has 1 aromatic rings. The van der Waals surface area contributed by atoms with Gasteiger partial charge in [-0.2, -0.15) is 5.10 Å². The van der Waals surface area contributed by atoms with Gasteiger partial charge in [0.25, 0.3) is 0 Å². The highest BCUT2D eigenvalue weighted by Gasteiger charge is 2.24. The molecule has 0 amide bonds. The molecule has 0 radical (unpaired) electrons. The molecule has 0 aliphatic rings. The van der Waals surface area contributed by atoms with Crippen LogP contribution in [-0.4, -0.2) is 31.9 Å². The van der Waals surface area contributed by atoms with Crippen molar-refractivity contribution in [1.29, 1.82) is 0 Å². The molecule has 90 valence electrons. The summed E-state index contributed by atoms with van der Waals surface area (Å²) >= 11 is 0. The van der Waals surface area contributed by atoms with Crippen LogP contribution < -0.4 is 5.73 Å². The predicted octanol–water partition coefficient (Wildman–Crippen LogP) is 0.376. The summed E-state index contributed by atoms with van der Waals surface area (Å²) in [6, 6.07) is -1.35. The van der Waals surface area contributed by atoms with E-state index in [0.717, 1.165) is 18.1 Å². The Hall–Kier alpha value is -1.43. The molecule has 0 saturated carbocycles. The van der Waals surface area contributed by atoms with Crippen molar-refractivity contribution in [3.63, 3.8) is 0 Å². The normalized spacial score (nSPS) is 14.8. The van der Waals surface area contributed by atoms with Gasteiger partial charge in [-0.05, 0) is 6.92 Å². The van der Waals surface area contributed by atoms with Crippen LogP contribution in [-0.2, 0) is 17.6 Å². The Kier molecular flexibility index (Phi) is 4.00. The molecule has 0 fully saturated rings. The molecule has 0 aliphatic heterocycles. The lowest BCUT2D eigenvalue weighted by Crippen LogP contribution is -2.38.